The number of benzene rings is 1. The number of nitrogen functional groups attached to an aromatic ring is 1. The number of aromatic amines is 1. The summed E-state index contributed by atoms with van der Waals surface area (Å²) in [6, 6.07) is 2.83. The number of aromatic nitrogens is 2. The number of rotatable bonds is 4. The molecule has 136 valence electrons. The van der Waals surface area contributed by atoms with Gasteiger partial charge in [-0.2, -0.15) is 0 Å². The minimum absolute atomic E-state index is 0.137. The number of methoxy groups -OCH3 is 1. The molecule has 0 unspecified atom stereocenters. The zero-order valence-electron chi connectivity index (χ0n) is 14.3. The van der Waals surface area contributed by atoms with Gasteiger partial charge in [-0.3, -0.25) is 4.79 Å². The van der Waals surface area contributed by atoms with Crippen LogP contribution < -0.4 is 16.0 Å². The Kier molecular flexibility index (Phi) is 4.88. The van der Waals surface area contributed by atoms with Gasteiger partial charge in [0.05, 0.1) is 23.2 Å². The molecule has 0 bridgehead atoms. The molecule has 0 aliphatic carbocycles. The molecule has 2 heterocycles. The number of carbonyl (C=O) groups is 1. The van der Waals surface area contributed by atoms with E-state index in [-0.39, 0.29) is 34.3 Å². The first kappa shape index (κ1) is 18.2. The van der Waals surface area contributed by atoms with Crippen molar-refractivity contribution in [1.82, 2.24) is 9.97 Å². The van der Waals surface area contributed by atoms with E-state index in [1.54, 1.807) is 0 Å². The molecular formula is C17H16ClN3O4S. The van der Waals surface area contributed by atoms with Gasteiger partial charge in [-0.25, -0.2) is 9.78 Å². The summed E-state index contributed by atoms with van der Waals surface area (Å²) in [6.07, 6.45) is 0. The van der Waals surface area contributed by atoms with Crippen LogP contribution in [0.1, 0.15) is 26.6 Å². The van der Waals surface area contributed by atoms with E-state index < -0.39 is 5.97 Å². The number of H-pyrrole nitrogens is 1. The summed E-state index contributed by atoms with van der Waals surface area (Å²) >= 11 is 7.38. The number of nitrogens with two attached hydrogens (primary N) is 1. The number of ether oxygens (including phenoxy) is 2. The quantitative estimate of drug-likeness (QED) is 0.520. The Morgan fingerprint density at radius 3 is 2.81 bits per heavy atom. The summed E-state index contributed by atoms with van der Waals surface area (Å²) in [4.78, 5) is 33.2. The third-order valence-corrected chi connectivity index (χ3v) is 5.40. The number of fused-ring (bicyclic) bond motifs is 1. The number of anilines is 1. The molecule has 3 rings (SSSR count). The SMILES string of the molecule is COc1cc(N)c(Cl)cc1C(=O)OCc1nc2sc(C)c(C)c2c(=O)[nH]1. The average Bonchev–Trinajstić information content (AvgIpc) is 2.89. The van der Waals surface area contributed by atoms with Crippen molar-refractivity contribution < 1.29 is 14.3 Å². The van der Waals surface area contributed by atoms with E-state index in [1.807, 2.05) is 13.8 Å². The lowest BCUT2D eigenvalue weighted by Crippen LogP contribution is -2.14. The number of nitrogens with zero attached hydrogens (tertiary/aromatic N) is 1. The van der Waals surface area contributed by atoms with Crippen molar-refractivity contribution >= 4 is 44.8 Å². The molecule has 7 nitrogen and oxygen atoms in total. The molecule has 0 aliphatic heterocycles. The molecule has 26 heavy (non-hydrogen) atoms. The first-order valence-corrected chi connectivity index (χ1v) is 8.80. The third kappa shape index (κ3) is 3.25. The minimum atomic E-state index is -0.662. The van der Waals surface area contributed by atoms with Crippen LogP contribution in [-0.2, 0) is 11.3 Å². The largest absolute Gasteiger partial charge is 0.496 e. The van der Waals surface area contributed by atoms with Gasteiger partial charge >= 0.3 is 5.97 Å². The highest BCUT2D eigenvalue weighted by molar-refractivity contribution is 7.18. The van der Waals surface area contributed by atoms with Gasteiger partial charge in [-0.1, -0.05) is 11.6 Å². The predicted octanol–water partition coefficient (Wildman–Crippen LogP) is 3.20. The van der Waals surface area contributed by atoms with E-state index in [0.29, 0.717) is 15.9 Å². The van der Waals surface area contributed by atoms with E-state index in [2.05, 4.69) is 9.97 Å². The highest BCUT2D eigenvalue weighted by Gasteiger charge is 2.18. The van der Waals surface area contributed by atoms with E-state index in [4.69, 9.17) is 26.8 Å². The summed E-state index contributed by atoms with van der Waals surface area (Å²) in [7, 11) is 1.41. The molecule has 2 aromatic heterocycles. The van der Waals surface area contributed by atoms with Gasteiger partial charge in [0.25, 0.3) is 5.56 Å². The molecule has 9 heteroatoms. The molecule has 3 aromatic rings. The van der Waals surface area contributed by atoms with Crippen molar-refractivity contribution in [2.24, 2.45) is 0 Å². The number of aryl methyl sites for hydroxylation is 2. The Bertz CT molecular complexity index is 1070. The number of carbonyl (C=O) groups excluding carboxylic acids is 1. The van der Waals surface area contributed by atoms with Crippen LogP contribution in [0, 0.1) is 13.8 Å². The molecule has 0 saturated carbocycles. The van der Waals surface area contributed by atoms with E-state index >= 15 is 0 Å². The summed E-state index contributed by atoms with van der Waals surface area (Å²) in [5.41, 5.74) is 6.78. The van der Waals surface area contributed by atoms with Crippen molar-refractivity contribution in [3.63, 3.8) is 0 Å². The standard InChI is InChI=1S/C17H16ClN3O4S/c1-7-8(2)26-16-14(7)15(22)20-13(21-16)6-25-17(23)9-4-10(18)11(19)5-12(9)24-3/h4-5H,6,19H2,1-3H3,(H,20,21,22). The van der Waals surface area contributed by atoms with E-state index in [0.717, 1.165) is 10.4 Å². The lowest BCUT2D eigenvalue weighted by molar-refractivity contribution is 0.0459. The second-order valence-electron chi connectivity index (χ2n) is 5.63. The van der Waals surface area contributed by atoms with Crippen LogP contribution in [0.15, 0.2) is 16.9 Å². The first-order chi connectivity index (χ1) is 12.3. The third-order valence-electron chi connectivity index (χ3n) is 3.97. The average molecular weight is 394 g/mol. The predicted molar refractivity (Wildman–Crippen MR) is 101 cm³/mol. The Balaban J connectivity index is 1.85. The van der Waals surface area contributed by atoms with Gasteiger partial charge in [0, 0.05) is 10.9 Å². The van der Waals surface area contributed by atoms with Crippen molar-refractivity contribution in [1.29, 1.82) is 0 Å². The Morgan fingerprint density at radius 2 is 2.12 bits per heavy atom. The number of nitrogens with one attached hydrogen (secondary N) is 1. The molecular weight excluding hydrogens is 378 g/mol. The Hall–Kier alpha value is -2.58. The number of halogens is 1. The van der Waals surface area contributed by atoms with Crippen LogP contribution >= 0.6 is 22.9 Å². The zero-order valence-corrected chi connectivity index (χ0v) is 15.9. The fourth-order valence-electron chi connectivity index (χ4n) is 2.48. The summed E-state index contributed by atoms with van der Waals surface area (Å²) in [5, 5.41) is 0.782. The van der Waals surface area contributed by atoms with Crippen LogP contribution in [0.4, 0.5) is 5.69 Å². The Labute approximate surface area is 157 Å². The normalized spacial score (nSPS) is 10.9. The maximum Gasteiger partial charge on any atom is 0.342 e. The van der Waals surface area contributed by atoms with Gasteiger partial charge in [-0.15, -0.1) is 11.3 Å². The van der Waals surface area contributed by atoms with E-state index in [1.165, 1.54) is 30.6 Å². The van der Waals surface area contributed by atoms with Gasteiger partial charge in [-0.05, 0) is 25.5 Å². The molecule has 0 saturated heterocycles. The second-order valence-corrected chi connectivity index (χ2v) is 7.24. The molecule has 0 fully saturated rings. The molecule has 3 N–H and O–H groups in total. The maximum atomic E-state index is 12.3. The smallest absolute Gasteiger partial charge is 0.342 e. The van der Waals surface area contributed by atoms with Crippen LogP contribution in [0.2, 0.25) is 5.02 Å². The van der Waals surface area contributed by atoms with Crippen molar-refractivity contribution in [2.45, 2.75) is 20.5 Å². The van der Waals surface area contributed by atoms with Gasteiger partial charge in [0.1, 0.15) is 28.6 Å². The lowest BCUT2D eigenvalue weighted by atomic mass is 10.2. The minimum Gasteiger partial charge on any atom is -0.496 e. The fraction of sp³-hybridized carbons (Fsp3) is 0.235. The maximum absolute atomic E-state index is 12.3. The molecule has 0 amide bonds. The highest BCUT2D eigenvalue weighted by atomic mass is 35.5. The molecule has 1 aromatic carbocycles. The number of hydrogen-bond acceptors (Lipinski definition) is 7. The van der Waals surface area contributed by atoms with Crippen LogP contribution in [0.3, 0.4) is 0 Å². The highest BCUT2D eigenvalue weighted by Crippen LogP contribution is 2.29. The number of thiophene rings is 1. The van der Waals surface area contributed by atoms with E-state index in [9.17, 15) is 9.59 Å². The fourth-order valence-corrected chi connectivity index (χ4v) is 3.69. The lowest BCUT2D eigenvalue weighted by Gasteiger charge is -2.10. The summed E-state index contributed by atoms with van der Waals surface area (Å²) in [6.45, 7) is 3.62. The zero-order chi connectivity index (χ0) is 19.0. The van der Waals surface area contributed by atoms with Crippen molar-refractivity contribution in [2.75, 3.05) is 12.8 Å². The molecule has 0 atom stereocenters. The summed E-state index contributed by atoms with van der Waals surface area (Å²) in [5.74, 6) is -0.152. The second kappa shape index (κ2) is 6.97. The summed E-state index contributed by atoms with van der Waals surface area (Å²) < 4.78 is 10.4. The van der Waals surface area contributed by atoms with Crippen LogP contribution in [0.5, 0.6) is 5.75 Å². The number of esters is 1. The topological polar surface area (TPSA) is 107 Å². The van der Waals surface area contributed by atoms with Gasteiger partial charge in [0.2, 0.25) is 0 Å². The molecule has 0 spiro atoms. The molecule has 0 aliphatic rings. The number of hydrogen-bond donors (Lipinski definition) is 2. The monoisotopic (exact) mass is 393 g/mol. The Morgan fingerprint density at radius 1 is 1.38 bits per heavy atom. The van der Waals surface area contributed by atoms with Crippen LogP contribution in [-0.4, -0.2) is 23.0 Å². The molecule has 0 radical (unpaired) electrons. The van der Waals surface area contributed by atoms with Gasteiger partial charge in [0.15, 0.2) is 0 Å². The van der Waals surface area contributed by atoms with Crippen molar-refractivity contribution in [3.05, 3.63) is 49.3 Å². The van der Waals surface area contributed by atoms with Crippen molar-refractivity contribution in [3.8, 4) is 5.75 Å². The van der Waals surface area contributed by atoms with Gasteiger partial charge < -0.3 is 20.2 Å². The first-order valence-electron chi connectivity index (χ1n) is 7.60. The van der Waals surface area contributed by atoms with Crippen LogP contribution in [0.25, 0.3) is 10.2 Å².